The molecule has 204 valence electrons. The molecule has 14 heteroatoms. The summed E-state index contributed by atoms with van der Waals surface area (Å²) in [6, 6.07) is 8.45. The Hall–Kier alpha value is -3.20. The summed E-state index contributed by atoms with van der Waals surface area (Å²) in [5.74, 6) is -2.99. The van der Waals surface area contributed by atoms with Crippen LogP contribution in [0.5, 0.6) is 11.5 Å². The third-order valence-electron chi connectivity index (χ3n) is 5.69. The van der Waals surface area contributed by atoms with Crippen molar-refractivity contribution in [2.75, 3.05) is 11.6 Å². The third-order valence-corrected chi connectivity index (χ3v) is 8.77. The van der Waals surface area contributed by atoms with Gasteiger partial charge in [-0.2, -0.15) is 0 Å². The summed E-state index contributed by atoms with van der Waals surface area (Å²) in [6.45, 7) is 0. The Morgan fingerprint density at radius 1 is 0.923 bits per heavy atom. The SMILES string of the molecule is CS(=O)(=O)c1cc(Nc2c(S(=O)(=O)NC3CC3)cnc3cc(Br)cc(F)c23)cc(Oc2cc(F)cc(F)c2)c1. The highest BCUT2D eigenvalue weighted by molar-refractivity contribution is 9.10. The van der Waals surface area contributed by atoms with Crippen LogP contribution in [0.3, 0.4) is 0 Å². The Morgan fingerprint density at radius 3 is 2.23 bits per heavy atom. The van der Waals surface area contributed by atoms with Crippen LogP contribution in [0.1, 0.15) is 12.8 Å². The fraction of sp³-hybridized carbons (Fsp3) is 0.160. The van der Waals surface area contributed by atoms with Crippen molar-refractivity contribution >= 4 is 58.1 Å². The summed E-state index contributed by atoms with van der Waals surface area (Å²) in [5.41, 5.74) is -0.0604. The number of nitrogens with one attached hydrogen (secondary N) is 2. The van der Waals surface area contributed by atoms with Gasteiger partial charge in [0.2, 0.25) is 10.0 Å². The Labute approximate surface area is 230 Å². The normalized spacial score (nSPS) is 14.0. The Kier molecular flexibility index (Phi) is 7.07. The number of fused-ring (bicyclic) bond motifs is 1. The monoisotopic (exact) mass is 641 g/mol. The molecule has 0 atom stereocenters. The second-order valence-electron chi connectivity index (χ2n) is 8.97. The topological polar surface area (TPSA) is 114 Å². The number of sulfonamides is 1. The molecule has 1 saturated carbocycles. The highest BCUT2D eigenvalue weighted by Gasteiger charge is 2.31. The van der Waals surface area contributed by atoms with Crippen LogP contribution in [-0.2, 0) is 19.9 Å². The van der Waals surface area contributed by atoms with Gasteiger partial charge in [0.05, 0.1) is 21.5 Å². The van der Waals surface area contributed by atoms with Gasteiger partial charge in [-0.15, -0.1) is 0 Å². The molecule has 0 spiro atoms. The molecule has 0 saturated heterocycles. The van der Waals surface area contributed by atoms with Gasteiger partial charge in [-0.3, -0.25) is 4.98 Å². The van der Waals surface area contributed by atoms with Gasteiger partial charge in [-0.25, -0.2) is 34.7 Å². The van der Waals surface area contributed by atoms with Crippen molar-refractivity contribution in [3.8, 4) is 11.5 Å². The van der Waals surface area contributed by atoms with Crippen LogP contribution in [0.2, 0.25) is 0 Å². The van der Waals surface area contributed by atoms with Crippen molar-refractivity contribution in [3.05, 3.63) is 76.7 Å². The van der Waals surface area contributed by atoms with Crippen molar-refractivity contribution < 1.29 is 34.7 Å². The quantitative estimate of drug-likeness (QED) is 0.250. The summed E-state index contributed by atoms with van der Waals surface area (Å²) in [7, 11) is -8.00. The number of pyridine rings is 1. The summed E-state index contributed by atoms with van der Waals surface area (Å²) >= 11 is 3.19. The number of hydrogen-bond acceptors (Lipinski definition) is 7. The van der Waals surface area contributed by atoms with Gasteiger partial charge in [0.1, 0.15) is 33.8 Å². The molecule has 4 aromatic rings. The first-order valence-corrected chi connectivity index (χ1v) is 15.5. The summed E-state index contributed by atoms with van der Waals surface area (Å²) in [6.07, 6.45) is 3.32. The van der Waals surface area contributed by atoms with Gasteiger partial charge in [0.15, 0.2) is 9.84 Å². The first-order chi connectivity index (χ1) is 18.3. The van der Waals surface area contributed by atoms with Crippen molar-refractivity contribution in [1.82, 2.24) is 9.71 Å². The van der Waals surface area contributed by atoms with E-state index in [1.165, 1.54) is 18.2 Å². The highest BCUT2D eigenvalue weighted by Crippen LogP contribution is 2.38. The fourth-order valence-electron chi connectivity index (χ4n) is 3.82. The Balaban J connectivity index is 1.67. The van der Waals surface area contributed by atoms with Gasteiger partial charge in [-0.1, -0.05) is 15.9 Å². The van der Waals surface area contributed by atoms with E-state index < -0.39 is 37.3 Å². The van der Waals surface area contributed by atoms with E-state index in [1.807, 2.05) is 0 Å². The largest absolute Gasteiger partial charge is 0.457 e. The first kappa shape index (κ1) is 27.4. The fourth-order valence-corrected chi connectivity index (χ4v) is 6.33. The van der Waals surface area contributed by atoms with Crippen molar-refractivity contribution in [2.24, 2.45) is 0 Å². The number of sulfone groups is 1. The predicted octanol–water partition coefficient (Wildman–Crippen LogP) is 5.79. The van der Waals surface area contributed by atoms with Crippen molar-refractivity contribution in [1.29, 1.82) is 0 Å². The maximum absolute atomic E-state index is 15.2. The number of hydrogen-bond donors (Lipinski definition) is 2. The number of benzene rings is 3. The molecule has 1 heterocycles. The Bertz CT molecular complexity index is 1830. The van der Waals surface area contributed by atoms with E-state index in [4.69, 9.17) is 4.74 Å². The lowest BCUT2D eigenvalue weighted by Crippen LogP contribution is -2.26. The molecule has 3 aromatic carbocycles. The average molecular weight is 642 g/mol. The highest BCUT2D eigenvalue weighted by atomic mass is 79.9. The zero-order chi connectivity index (χ0) is 28.1. The Morgan fingerprint density at radius 2 is 1.59 bits per heavy atom. The second-order valence-corrected chi connectivity index (χ2v) is 13.6. The van der Waals surface area contributed by atoms with Crippen LogP contribution < -0.4 is 14.8 Å². The van der Waals surface area contributed by atoms with E-state index in [0.29, 0.717) is 23.4 Å². The molecule has 0 radical (unpaired) electrons. The van der Waals surface area contributed by atoms with Gasteiger partial charge < -0.3 is 10.1 Å². The minimum absolute atomic E-state index is 0.00231. The number of ether oxygens (including phenoxy) is 1. The first-order valence-electron chi connectivity index (χ1n) is 11.3. The van der Waals surface area contributed by atoms with Gasteiger partial charge in [0.25, 0.3) is 0 Å². The van der Waals surface area contributed by atoms with E-state index in [0.717, 1.165) is 36.7 Å². The lowest BCUT2D eigenvalue weighted by molar-refractivity contribution is 0.467. The predicted molar refractivity (Wildman–Crippen MR) is 142 cm³/mol. The van der Waals surface area contributed by atoms with E-state index in [9.17, 15) is 25.6 Å². The molecule has 1 aliphatic carbocycles. The third kappa shape index (κ3) is 6.19. The molecule has 8 nitrogen and oxygen atoms in total. The zero-order valence-corrected chi connectivity index (χ0v) is 23.2. The van der Waals surface area contributed by atoms with Crippen LogP contribution in [0, 0.1) is 17.5 Å². The second kappa shape index (κ2) is 10.1. The molecule has 5 rings (SSSR count). The van der Waals surface area contributed by atoms with Gasteiger partial charge in [-0.05, 0) is 37.1 Å². The number of nitrogens with zero attached hydrogens (tertiary/aromatic N) is 1. The van der Waals surface area contributed by atoms with Crippen LogP contribution in [0.4, 0.5) is 24.5 Å². The molecule has 1 aromatic heterocycles. The van der Waals surface area contributed by atoms with Crippen LogP contribution >= 0.6 is 15.9 Å². The molecular formula is C25H19BrF3N3O5S2. The summed E-state index contributed by atoms with van der Waals surface area (Å²) in [5, 5.41) is 2.67. The number of aromatic nitrogens is 1. The average Bonchev–Trinajstić information content (AvgIpc) is 3.60. The number of rotatable bonds is 8. The maximum Gasteiger partial charge on any atom is 0.244 e. The summed E-state index contributed by atoms with van der Waals surface area (Å²) in [4.78, 5) is 3.52. The van der Waals surface area contributed by atoms with E-state index in [2.05, 4.69) is 31.0 Å². The molecule has 0 unspecified atom stereocenters. The number of anilines is 2. The molecule has 0 bridgehead atoms. The van der Waals surface area contributed by atoms with Crippen LogP contribution in [0.15, 0.2) is 69.0 Å². The molecular weight excluding hydrogens is 623 g/mol. The van der Waals surface area contributed by atoms with Gasteiger partial charge >= 0.3 is 0 Å². The summed E-state index contributed by atoms with van der Waals surface area (Å²) < 4.78 is 102. The van der Waals surface area contributed by atoms with Crippen molar-refractivity contribution in [2.45, 2.75) is 28.7 Å². The molecule has 39 heavy (non-hydrogen) atoms. The van der Waals surface area contributed by atoms with Gasteiger partial charge in [0, 0.05) is 52.9 Å². The molecule has 2 N–H and O–H groups in total. The zero-order valence-electron chi connectivity index (χ0n) is 20.0. The molecule has 1 fully saturated rings. The van der Waals surface area contributed by atoms with Crippen LogP contribution in [0.25, 0.3) is 10.9 Å². The minimum Gasteiger partial charge on any atom is -0.457 e. The smallest absolute Gasteiger partial charge is 0.244 e. The van der Waals surface area contributed by atoms with Crippen LogP contribution in [-0.4, -0.2) is 34.1 Å². The van der Waals surface area contributed by atoms with E-state index in [-0.39, 0.29) is 49.6 Å². The lowest BCUT2D eigenvalue weighted by atomic mass is 10.1. The maximum atomic E-state index is 15.2. The van der Waals surface area contributed by atoms with E-state index >= 15 is 4.39 Å². The molecule has 0 amide bonds. The molecule has 0 aliphatic heterocycles. The van der Waals surface area contributed by atoms with Crippen molar-refractivity contribution in [3.63, 3.8) is 0 Å². The standard InChI is InChI=1S/C25H19BrF3N3O5S2/c1-38(33,34)20-10-17(9-19(11-20)37-18-7-14(27)6-15(28)8-18)31-25-23(39(35,36)32-16-2-3-16)12-30-22-5-13(26)4-21(29)24(22)25/h4-12,16,32H,2-3H2,1H3,(H,30,31). The lowest BCUT2D eigenvalue weighted by Gasteiger charge is -2.17. The number of halogens is 4. The minimum atomic E-state index is -4.16. The molecule has 1 aliphatic rings. The van der Waals surface area contributed by atoms with E-state index in [1.54, 1.807) is 0 Å².